The number of fused-ring (bicyclic) bond motifs is 3. The van der Waals surface area contributed by atoms with E-state index in [4.69, 9.17) is 5.73 Å². The van der Waals surface area contributed by atoms with Crippen LogP contribution in [0.3, 0.4) is 0 Å². The van der Waals surface area contributed by atoms with Crippen LogP contribution in [-0.4, -0.2) is 21.6 Å². The molecule has 2 heterocycles. The third kappa shape index (κ3) is 3.95. The van der Waals surface area contributed by atoms with Crippen LogP contribution in [0.5, 0.6) is 0 Å². The summed E-state index contributed by atoms with van der Waals surface area (Å²) in [5.41, 5.74) is 7.51. The monoisotopic (exact) mass is 420 g/mol. The number of aromatic nitrogens is 2. The highest BCUT2D eigenvalue weighted by atomic mass is 32.2. The fourth-order valence-corrected chi connectivity index (χ4v) is 5.47. The number of hydrogen-bond acceptors (Lipinski definition) is 6. The highest BCUT2D eigenvalue weighted by Gasteiger charge is 2.23. The lowest BCUT2D eigenvalue weighted by Crippen LogP contribution is -2.14. The van der Waals surface area contributed by atoms with E-state index in [0.717, 1.165) is 59.4 Å². The van der Waals surface area contributed by atoms with Gasteiger partial charge in [0.15, 0.2) is 5.16 Å². The number of carbonyl (C=O) groups excluding carboxylic acids is 1. The van der Waals surface area contributed by atoms with Crippen molar-refractivity contribution < 1.29 is 13.6 Å². The van der Waals surface area contributed by atoms with Crippen LogP contribution >= 0.6 is 23.1 Å². The Balaban J connectivity index is 1.48. The number of nitrogens with one attached hydrogen (secondary N) is 1. The third-order valence-corrected chi connectivity index (χ3v) is 6.64. The van der Waals surface area contributed by atoms with Gasteiger partial charge in [-0.05, 0) is 42.9 Å². The number of thiophene rings is 1. The molecule has 0 spiro atoms. The maximum Gasteiger partial charge on any atom is 0.234 e. The van der Waals surface area contributed by atoms with Gasteiger partial charge < -0.3 is 11.1 Å². The topological polar surface area (TPSA) is 80.9 Å². The van der Waals surface area contributed by atoms with E-state index >= 15 is 0 Å². The van der Waals surface area contributed by atoms with Crippen molar-refractivity contribution in [2.24, 2.45) is 5.92 Å². The molecule has 0 aliphatic heterocycles. The molecule has 0 saturated carbocycles. The van der Waals surface area contributed by atoms with Crippen LogP contribution in [-0.2, 0) is 17.6 Å². The Labute approximate surface area is 168 Å². The molecule has 1 atom stereocenters. The van der Waals surface area contributed by atoms with Crippen molar-refractivity contribution in [1.82, 2.24) is 9.97 Å². The van der Waals surface area contributed by atoms with Gasteiger partial charge in [-0.1, -0.05) is 18.7 Å². The van der Waals surface area contributed by atoms with Crippen molar-refractivity contribution >= 4 is 50.7 Å². The number of amides is 1. The molecule has 1 aliphatic carbocycles. The summed E-state index contributed by atoms with van der Waals surface area (Å²) in [5, 5.41) is 3.82. The summed E-state index contributed by atoms with van der Waals surface area (Å²) in [6, 6.07) is 2.87. The first-order chi connectivity index (χ1) is 13.4. The molecule has 0 fully saturated rings. The van der Waals surface area contributed by atoms with E-state index < -0.39 is 17.5 Å². The quantitative estimate of drug-likeness (QED) is 0.483. The van der Waals surface area contributed by atoms with Crippen LogP contribution in [0.2, 0.25) is 0 Å². The number of nitrogen functional groups attached to an aromatic ring is 1. The Morgan fingerprint density at radius 1 is 1.32 bits per heavy atom. The van der Waals surface area contributed by atoms with Crippen LogP contribution in [0.4, 0.5) is 20.3 Å². The van der Waals surface area contributed by atoms with E-state index in [1.807, 2.05) is 0 Å². The molecular formula is C19H18F2N4OS2. The first-order valence-electron chi connectivity index (χ1n) is 8.85. The Morgan fingerprint density at radius 2 is 2.07 bits per heavy atom. The molecule has 4 rings (SSSR count). The normalized spacial score (nSPS) is 16.2. The summed E-state index contributed by atoms with van der Waals surface area (Å²) in [7, 11) is 0. The molecule has 1 amide bonds. The van der Waals surface area contributed by atoms with Gasteiger partial charge in [0.25, 0.3) is 0 Å². The van der Waals surface area contributed by atoms with E-state index in [2.05, 4.69) is 22.2 Å². The molecule has 1 aromatic carbocycles. The van der Waals surface area contributed by atoms with Gasteiger partial charge >= 0.3 is 0 Å². The molecule has 0 saturated heterocycles. The molecule has 1 aliphatic rings. The van der Waals surface area contributed by atoms with Gasteiger partial charge in [0, 0.05) is 16.6 Å². The molecule has 5 nitrogen and oxygen atoms in total. The standard InChI is InChI=1S/C19H18F2N4OS2/c1-9-2-3-13-14(4-9)28-18-16(13)17(22)24-19(25-18)27-8-15(26)23-12-6-10(20)5-11(21)7-12/h5-7,9H,2-4,8H2,1H3,(H,23,26)(H2,22,24,25). The third-order valence-electron chi connectivity index (χ3n) is 4.64. The maximum absolute atomic E-state index is 13.2. The van der Waals surface area contributed by atoms with E-state index in [0.29, 0.717) is 16.9 Å². The average molecular weight is 421 g/mol. The summed E-state index contributed by atoms with van der Waals surface area (Å²) in [6.07, 6.45) is 3.16. The van der Waals surface area contributed by atoms with Crippen LogP contribution in [0.15, 0.2) is 23.4 Å². The zero-order valence-electron chi connectivity index (χ0n) is 15.1. The lowest BCUT2D eigenvalue weighted by Gasteiger charge is -2.17. The van der Waals surface area contributed by atoms with E-state index in [1.54, 1.807) is 11.3 Å². The number of carbonyl (C=O) groups is 1. The maximum atomic E-state index is 13.2. The Hall–Kier alpha value is -2.26. The predicted molar refractivity (Wildman–Crippen MR) is 109 cm³/mol. The van der Waals surface area contributed by atoms with Crippen molar-refractivity contribution in [3.8, 4) is 0 Å². The summed E-state index contributed by atoms with van der Waals surface area (Å²) < 4.78 is 26.4. The van der Waals surface area contributed by atoms with E-state index in [1.165, 1.54) is 10.4 Å². The zero-order chi connectivity index (χ0) is 19.8. The molecule has 3 N–H and O–H groups in total. The minimum atomic E-state index is -0.750. The van der Waals surface area contributed by atoms with Gasteiger partial charge in [-0.25, -0.2) is 18.7 Å². The fraction of sp³-hybridized carbons (Fsp3) is 0.316. The second-order valence-corrected chi connectivity index (χ2v) is 8.94. The first kappa shape index (κ1) is 19.1. The van der Waals surface area contributed by atoms with Gasteiger partial charge in [0.2, 0.25) is 5.91 Å². The molecule has 2 aromatic heterocycles. The van der Waals surface area contributed by atoms with Gasteiger partial charge in [0.1, 0.15) is 22.3 Å². The van der Waals surface area contributed by atoms with Crippen molar-refractivity contribution in [3.05, 3.63) is 40.3 Å². The zero-order valence-corrected chi connectivity index (χ0v) is 16.7. The Bertz CT molecular complexity index is 1050. The summed E-state index contributed by atoms with van der Waals surface area (Å²) in [4.78, 5) is 23.2. The number of nitrogens with zero attached hydrogens (tertiary/aromatic N) is 2. The van der Waals surface area contributed by atoms with Crippen molar-refractivity contribution in [2.45, 2.75) is 31.3 Å². The Morgan fingerprint density at radius 3 is 2.82 bits per heavy atom. The highest BCUT2D eigenvalue weighted by molar-refractivity contribution is 7.99. The molecule has 146 valence electrons. The number of nitrogens with two attached hydrogens (primary N) is 1. The lowest BCUT2D eigenvalue weighted by atomic mass is 9.89. The smallest absolute Gasteiger partial charge is 0.234 e. The van der Waals surface area contributed by atoms with E-state index in [-0.39, 0.29) is 11.4 Å². The van der Waals surface area contributed by atoms with Crippen molar-refractivity contribution in [3.63, 3.8) is 0 Å². The average Bonchev–Trinajstić information content (AvgIpc) is 2.96. The fourth-order valence-electron chi connectivity index (χ4n) is 3.37. The van der Waals surface area contributed by atoms with Gasteiger partial charge in [-0.2, -0.15) is 0 Å². The number of halogens is 2. The SMILES string of the molecule is CC1CCc2c(sc3nc(SCC(=O)Nc4cc(F)cc(F)c4)nc(N)c23)C1. The predicted octanol–water partition coefficient (Wildman–Crippen LogP) is 4.41. The van der Waals surface area contributed by atoms with Crippen LogP contribution < -0.4 is 11.1 Å². The molecule has 1 unspecified atom stereocenters. The lowest BCUT2D eigenvalue weighted by molar-refractivity contribution is -0.113. The summed E-state index contributed by atoms with van der Waals surface area (Å²) in [5.74, 6) is -0.810. The minimum Gasteiger partial charge on any atom is -0.383 e. The number of rotatable bonds is 4. The number of hydrogen-bond donors (Lipinski definition) is 2. The summed E-state index contributed by atoms with van der Waals surface area (Å²) in [6.45, 7) is 2.24. The molecule has 0 radical (unpaired) electrons. The Kier molecular flexibility index (Phi) is 5.20. The number of aryl methyl sites for hydroxylation is 1. The van der Waals surface area contributed by atoms with Crippen molar-refractivity contribution in [1.29, 1.82) is 0 Å². The second-order valence-electron chi connectivity index (χ2n) is 6.92. The van der Waals surface area contributed by atoms with E-state index in [9.17, 15) is 13.6 Å². The van der Waals surface area contributed by atoms with Crippen LogP contribution in [0.25, 0.3) is 10.2 Å². The van der Waals surface area contributed by atoms with Crippen molar-refractivity contribution in [2.75, 3.05) is 16.8 Å². The largest absolute Gasteiger partial charge is 0.383 e. The molecule has 9 heteroatoms. The van der Waals surface area contributed by atoms with Gasteiger partial charge in [-0.15, -0.1) is 11.3 Å². The first-order valence-corrected chi connectivity index (χ1v) is 10.7. The second kappa shape index (κ2) is 7.63. The van der Waals surface area contributed by atoms with Crippen LogP contribution in [0, 0.1) is 17.6 Å². The number of thioether (sulfide) groups is 1. The molecular weight excluding hydrogens is 402 g/mol. The highest BCUT2D eigenvalue weighted by Crippen LogP contribution is 2.39. The van der Waals surface area contributed by atoms with Crippen LogP contribution in [0.1, 0.15) is 23.8 Å². The number of anilines is 2. The van der Waals surface area contributed by atoms with Gasteiger partial charge in [0.05, 0.1) is 11.1 Å². The molecule has 0 bridgehead atoms. The van der Waals surface area contributed by atoms with Gasteiger partial charge in [-0.3, -0.25) is 4.79 Å². The summed E-state index contributed by atoms with van der Waals surface area (Å²) >= 11 is 2.78. The number of benzene rings is 1. The molecule has 3 aromatic rings. The minimum absolute atomic E-state index is 0.00516. The molecule has 28 heavy (non-hydrogen) atoms.